The normalized spacial score (nSPS) is 39.0. The minimum atomic E-state index is -0.137. The van der Waals surface area contributed by atoms with Crippen LogP contribution in [0.1, 0.15) is 64.7 Å². The molecule has 0 amide bonds. The number of nitrogens with two attached hydrogens (primary N) is 2. The zero-order valence-corrected chi connectivity index (χ0v) is 20.8. The van der Waals surface area contributed by atoms with Crippen LogP contribution in [-0.2, 0) is 4.79 Å². The summed E-state index contributed by atoms with van der Waals surface area (Å²) in [6.07, 6.45) is 10.5. The van der Waals surface area contributed by atoms with Crippen molar-refractivity contribution < 1.29 is 13.9 Å². The van der Waals surface area contributed by atoms with Crippen LogP contribution >= 0.6 is 0 Å². The molecular weight excluding hydrogens is 429 g/mol. The number of nitrogen functional groups attached to an aromatic ring is 1. The zero-order chi connectivity index (χ0) is 24.0. The maximum Gasteiger partial charge on any atom is 0.157 e. The van der Waals surface area contributed by atoms with Gasteiger partial charge in [0.1, 0.15) is 5.75 Å². The van der Waals surface area contributed by atoms with Crippen LogP contribution in [0, 0.1) is 46.8 Å². The Hall–Kier alpha value is -1.82. The number of methoxy groups -OCH3 is 1. The number of hydrazine groups is 1. The Kier molecular flexibility index (Phi) is 6.56. The van der Waals surface area contributed by atoms with Gasteiger partial charge in [-0.15, -0.1) is 0 Å². The smallest absolute Gasteiger partial charge is 0.157 e. The molecule has 0 spiro atoms. The maximum atomic E-state index is 13.6. The number of hydrogen-bond donors (Lipinski definition) is 2. The van der Waals surface area contributed by atoms with E-state index in [0.717, 1.165) is 55.8 Å². The number of alkyl halides is 1. The van der Waals surface area contributed by atoms with Crippen molar-refractivity contribution in [1.82, 2.24) is 0 Å². The van der Waals surface area contributed by atoms with E-state index in [1.807, 2.05) is 12.1 Å². The predicted octanol–water partition coefficient (Wildman–Crippen LogP) is 5.38. The molecule has 5 rings (SSSR count). The molecule has 4 N–H and O–H groups in total. The lowest BCUT2D eigenvalue weighted by Crippen LogP contribution is -2.50. The summed E-state index contributed by atoms with van der Waals surface area (Å²) in [7, 11) is 1.60. The lowest BCUT2D eigenvalue weighted by atomic mass is 9.49. The molecule has 34 heavy (non-hydrogen) atoms. The number of anilines is 2. The Morgan fingerprint density at radius 3 is 2.65 bits per heavy atom. The fraction of sp³-hybridized carbons (Fsp3) is 0.750. The van der Waals surface area contributed by atoms with E-state index in [9.17, 15) is 9.18 Å². The van der Waals surface area contributed by atoms with Gasteiger partial charge in [-0.05, 0) is 111 Å². The first-order chi connectivity index (χ1) is 16.4. The van der Waals surface area contributed by atoms with Crippen molar-refractivity contribution in [2.45, 2.75) is 64.7 Å². The summed E-state index contributed by atoms with van der Waals surface area (Å²) >= 11 is 0. The van der Waals surface area contributed by atoms with Gasteiger partial charge in [0.15, 0.2) is 5.78 Å². The maximum absolute atomic E-state index is 13.6. The molecule has 8 atom stereocenters. The molecule has 1 aromatic carbocycles. The molecule has 0 aromatic heterocycles. The lowest BCUT2D eigenvalue weighted by molar-refractivity contribution is -0.129. The van der Waals surface area contributed by atoms with Crippen LogP contribution in [0.2, 0.25) is 0 Å². The van der Waals surface area contributed by atoms with Gasteiger partial charge in [0.2, 0.25) is 0 Å². The molecular formula is C28H42FN3O2. The molecule has 0 radical (unpaired) electrons. The third-order valence-electron chi connectivity index (χ3n) is 10.5. The second-order valence-electron chi connectivity index (χ2n) is 12.0. The number of carbonyl (C=O) groups excluding carboxylic acids is 1. The van der Waals surface area contributed by atoms with Crippen molar-refractivity contribution >= 4 is 17.2 Å². The molecule has 4 aliphatic rings. The molecule has 0 heterocycles. The van der Waals surface area contributed by atoms with Crippen molar-refractivity contribution in [1.29, 1.82) is 0 Å². The summed E-state index contributed by atoms with van der Waals surface area (Å²) in [5.41, 5.74) is 7.43. The highest BCUT2D eigenvalue weighted by atomic mass is 19.1. The van der Waals surface area contributed by atoms with Crippen molar-refractivity contribution in [3.05, 3.63) is 18.2 Å². The monoisotopic (exact) mass is 471 g/mol. The minimum absolute atomic E-state index is 0.0731. The van der Waals surface area contributed by atoms with Crippen molar-refractivity contribution in [2.75, 3.05) is 31.1 Å². The van der Waals surface area contributed by atoms with Gasteiger partial charge < -0.3 is 15.5 Å². The van der Waals surface area contributed by atoms with Gasteiger partial charge in [0, 0.05) is 12.0 Å². The number of fused-ring (bicyclic) bond motifs is 5. The standard InChI is InChI=1S/C28H42FN3O2/c1-28-12-11-21-20-6-3-17(15-29)13-18(20)4-7-22(21)23(28)8-9-24(28)27(33)16-32(31)26-10-5-19(34-2)14-25(26)30/h5,10,14,17-18,20-24H,3-4,6-9,11-13,15-16,30-31H2,1-2H3. The Labute approximate surface area is 203 Å². The highest BCUT2D eigenvalue weighted by Gasteiger charge is 2.58. The first-order valence-electron chi connectivity index (χ1n) is 13.4. The van der Waals surface area contributed by atoms with Crippen LogP contribution in [0.25, 0.3) is 0 Å². The topological polar surface area (TPSA) is 81.6 Å². The Morgan fingerprint density at radius 2 is 1.91 bits per heavy atom. The van der Waals surface area contributed by atoms with Crippen LogP contribution in [0.15, 0.2) is 18.2 Å². The number of ketones is 1. The molecule has 4 aliphatic carbocycles. The first kappa shape index (κ1) is 23.9. The van der Waals surface area contributed by atoms with E-state index in [-0.39, 0.29) is 30.3 Å². The van der Waals surface area contributed by atoms with Gasteiger partial charge in [-0.2, -0.15) is 0 Å². The summed E-state index contributed by atoms with van der Waals surface area (Å²) < 4.78 is 18.5. The number of carbonyl (C=O) groups is 1. The number of hydrogen-bond acceptors (Lipinski definition) is 5. The molecule has 188 valence electrons. The van der Waals surface area contributed by atoms with E-state index in [0.29, 0.717) is 29.0 Å². The molecule has 0 aliphatic heterocycles. The summed E-state index contributed by atoms with van der Waals surface area (Å²) in [6.45, 7) is 2.44. The fourth-order valence-corrected chi connectivity index (χ4v) is 8.90. The van der Waals surface area contributed by atoms with Crippen LogP contribution in [0.4, 0.5) is 15.8 Å². The SMILES string of the molecule is COc1ccc(N(N)CC(=O)C2CCC3C4CCC5CC(CF)CCC5C4CCC23C)c(N)c1. The molecule has 1 aromatic rings. The summed E-state index contributed by atoms with van der Waals surface area (Å²) in [5.74, 6) is 11.3. The second kappa shape index (κ2) is 9.33. The number of halogens is 1. The van der Waals surface area contributed by atoms with Gasteiger partial charge in [-0.25, -0.2) is 5.84 Å². The number of benzene rings is 1. The molecule has 8 unspecified atom stereocenters. The molecule has 0 saturated heterocycles. The highest BCUT2D eigenvalue weighted by molar-refractivity contribution is 5.87. The minimum Gasteiger partial charge on any atom is -0.497 e. The first-order valence-corrected chi connectivity index (χ1v) is 13.4. The fourth-order valence-electron chi connectivity index (χ4n) is 8.90. The van der Waals surface area contributed by atoms with E-state index in [4.69, 9.17) is 16.3 Å². The van der Waals surface area contributed by atoms with Gasteiger partial charge in [-0.3, -0.25) is 9.18 Å². The zero-order valence-electron chi connectivity index (χ0n) is 20.8. The van der Waals surface area contributed by atoms with E-state index in [1.165, 1.54) is 30.7 Å². The highest BCUT2D eigenvalue weighted by Crippen LogP contribution is 2.64. The van der Waals surface area contributed by atoms with Crippen LogP contribution in [-0.4, -0.2) is 26.1 Å². The Balaban J connectivity index is 1.26. The molecule has 0 bridgehead atoms. The van der Waals surface area contributed by atoms with Crippen molar-refractivity contribution in [3.8, 4) is 5.75 Å². The number of rotatable bonds is 6. The van der Waals surface area contributed by atoms with Gasteiger partial charge in [0.25, 0.3) is 0 Å². The Bertz CT molecular complexity index is 910. The summed E-state index contributed by atoms with van der Waals surface area (Å²) in [6, 6.07) is 5.38. The molecule has 4 fully saturated rings. The van der Waals surface area contributed by atoms with Crippen molar-refractivity contribution in [2.24, 2.45) is 52.7 Å². The number of nitrogens with zero attached hydrogens (tertiary/aromatic N) is 1. The molecule has 4 saturated carbocycles. The summed E-state index contributed by atoms with van der Waals surface area (Å²) in [4.78, 5) is 13.6. The molecule has 5 nitrogen and oxygen atoms in total. The van der Waals surface area contributed by atoms with E-state index >= 15 is 0 Å². The quantitative estimate of drug-likeness (QED) is 0.331. The van der Waals surface area contributed by atoms with E-state index in [1.54, 1.807) is 13.2 Å². The third kappa shape index (κ3) is 4.00. The average molecular weight is 472 g/mol. The third-order valence-corrected chi connectivity index (χ3v) is 10.5. The second-order valence-corrected chi connectivity index (χ2v) is 12.0. The lowest BCUT2D eigenvalue weighted by Gasteiger charge is -2.56. The van der Waals surface area contributed by atoms with Crippen LogP contribution in [0.5, 0.6) is 5.75 Å². The van der Waals surface area contributed by atoms with Crippen LogP contribution in [0.3, 0.4) is 0 Å². The van der Waals surface area contributed by atoms with Crippen molar-refractivity contribution in [3.63, 3.8) is 0 Å². The Morgan fingerprint density at radius 1 is 1.12 bits per heavy atom. The summed E-state index contributed by atoms with van der Waals surface area (Å²) in [5, 5.41) is 1.51. The van der Waals surface area contributed by atoms with Gasteiger partial charge in [-0.1, -0.05) is 6.92 Å². The largest absolute Gasteiger partial charge is 0.497 e. The molecule has 6 heteroatoms. The van der Waals surface area contributed by atoms with E-state index < -0.39 is 0 Å². The van der Waals surface area contributed by atoms with Crippen LogP contribution < -0.4 is 21.3 Å². The van der Waals surface area contributed by atoms with Gasteiger partial charge >= 0.3 is 0 Å². The average Bonchev–Trinajstić information content (AvgIpc) is 3.20. The van der Waals surface area contributed by atoms with E-state index in [2.05, 4.69) is 6.92 Å². The number of Topliss-reactive ketones (excluding diaryl/α,β-unsaturated/α-hetero) is 1. The van der Waals surface area contributed by atoms with Gasteiger partial charge in [0.05, 0.1) is 31.7 Å². The number of ether oxygens (including phenoxy) is 1. The predicted molar refractivity (Wildman–Crippen MR) is 134 cm³/mol.